The summed E-state index contributed by atoms with van der Waals surface area (Å²) in [5.74, 6) is 1.68. The summed E-state index contributed by atoms with van der Waals surface area (Å²) in [4.78, 5) is 0. The minimum absolute atomic E-state index is 0.607. The lowest BCUT2D eigenvalue weighted by Gasteiger charge is -2.41. The van der Waals surface area contributed by atoms with E-state index in [9.17, 15) is 0 Å². The van der Waals surface area contributed by atoms with Crippen molar-refractivity contribution in [3.63, 3.8) is 0 Å². The molecular weight excluding hydrogens is 490 g/mol. The lowest BCUT2D eigenvalue weighted by atomic mass is 9.64. The van der Waals surface area contributed by atoms with Gasteiger partial charge < -0.3 is 14.9 Å². The van der Waals surface area contributed by atoms with Gasteiger partial charge in [0.2, 0.25) is 0 Å². The van der Waals surface area contributed by atoms with Crippen LogP contribution < -0.4 is 10.5 Å². The second-order valence-electron chi connectivity index (χ2n) is 10.6. The molecule has 2 aliphatic rings. The van der Waals surface area contributed by atoms with Crippen LogP contribution in [0.3, 0.4) is 0 Å². The van der Waals surface area contributed by atoms with Gasteiger partial charge in [0.15, 0.2) is 0 Å². The number of anilines is 1. The van der Waals surface area contributed by atoms with Crippen molar-refractivity contribution in [2.24, 2.45) is 0 Å². The normalized spacial score (nSPS) is 14.0. The summed E-state index contributed by atoms with van der Waals surface area (Å²) in [6.07, 6.45) is 0. The van der Waals surface area contributed by atoms with Crippen molar-refractivity contribution in [2.75, 3.05) is 5.73 Å². The van der Waals surface area contributed by atoms with Crippen molar-refractivity contribution in [1.82, 2.24) is 0 Å². The van der Waals surface area contributed by atoms with Crippen LogP contribution in [-0.2, 0) is 5.41 Å². The number of fused-ring (bicyclic) bond motifs is 12. The molecule has 1 spiro atoms. The van der Waals surface area contributed by atoms with Crippen LogP contribution in [-0.4, -0.2) is 0 Å². The van der Waals surface area contributed by atoms with Gasteiger partial charge in [-0.1, -0.05) is 97.1 Å². The number of rotatable bonds is 1. The molecule has 0 atom stereocenters. The zero-order valence-electron chi connectivity index (χ0n) is 21.5. The highest BCUT2D eigenvalue weighted by Gasteiger charge is 2.52. The van der Waals surface area contributed by atoms with Crippen LogP contribution in [0.2, 0.25) is 0 Å². The van der Waals surface area contributed by atoms with Crippen LogP contribution in [0, 0.1) is 0 Å². The Bertz CT molecular complexity index is 2120. The highest BCUT2D eigenvalue weighted by molar-refractivity contribution is 6.14. The second kappa shape index (κ2) is 7.64. The van der Waals surface area contributed by atoms with Crippen LogP contribution in [0.4, 0.5) is 5.69 Å². The summed E-state index contributed by atoms with van der Waals surface area (Å²) in [5.41, 5.74) is 18.0. The van der Waals surface area contributed by atoms with Gasteiger partial charge in [-0.15, -0.1) is 0 Å². The van der Waals surface area contributed by atoms with E-state index in [-0.39, 0.29) is 0 Å². The van der Waals surface area contributed by atoms with Crippen LogP contribution in [0.15, 0.2) is 132 Å². The van der Waals surface area contributed by atoms with Crippen LogP contribution in [0.25, 0.3) is 44.2 Å². The number of nitrogen functional groups attached to an aromatic ring is 1. The van der Waals surface area contributed by atoms with Crippen molar-refractivity contribution in [1.29, 1.82) is 0 Å². The molecule has 1 aliphatic heterocycles. The fourth-order valence-corrected chi connectivity index (χ4v) is 7.24. The Kier molecular flexibility index (Phi) is 4.13. The molecule has 40 heavy (non-hydrogen) atoms. The van der Waals surface area contributed by atoms with Crippen molar-refractivity contribution < 1.29 is 9.15 Å². The first-order valence-electron chi connectivity index (χ1n) is 13.6. The van der Waals surface area contributed by atoms with Crippen molar-refractivity contribution in [3.8, 4) is 33.8 Å². The predicted molar refractivity (Wildman–Crippen MR) is 161 cm³/mol. The molecule has 1 aromatic heterocycles. The topological polar surface area (TPSA) is 48.4 Å². The van der Waals surface area contributed by atoms with Gasteiger partial charge in [-0.25, -0.2) is 0 Å². The lowest BCUT2D eigenvalue weighted by molar-refractivity contribution is 0.437. The molecule has 3 nitrogen and oxygen atoms in total. The average molecular weight is 514 g/mol. The van der Waals surface area contributed by atoms with E-state index in [1.54, 1.807) is 0 Å². The summed E-state index contributed by atoms with van der Waals surface area (Å²) in [7, 11) is 0. The van der Waals surface area contributed by atoms with E-state index in [2.05, 4.69) is 91.0 Å². The molecule has 3 heteroatoms. The van der Waals surface area contributed by atoms with Gasteiger partial charge in [0.05, 0.1) is 5.41 Å². The SMILES string of the molecule is Nc1ccc2c(c1-c1cccc3oc4ccccc4c13)C1(c3ccccc3O2)c2ccccc2-c2ccccc21. The number of para-hydroxylation sites is 2. The van der Waals surface area contributed by atoms with Gasteiger partial charge >= 0.3 is 0 Å². The maximum Gasteiger partial charge on any atom is 0.136 e. The molecule has 1 aliphatic carbocycles. The molecular formula is C37H23NO2. The Balaban J connectivity index is 1.51. The average Bonchev–Trinajstić information content (AvgIpc) is 3.52. The van der Waals surface area contributed by atoms with Crippen molar-refractivity contribution in [2.45, 2.75) is 5.41 Å². The molecule has 9 rings (SSSR count). The van der Waals surface area contributed by atoms with Crippen LogP contribution in [0.5, 0.6) is 11.5 Å². The monoisotopic (exact) mass is 513 g/mol. The Hall–Kier alpha value is -5.28. The molecule has 0 saturated carbocycles. The molecule has 0 radical (unpaired) electrons. The van der Waals surface area contributed by atoms with Crippen molar-refractivity contribution in [3.05, 3.63) is 150 Å². The molecule has 2 N–H and O–H groups in total. The quantitative estimate of drug-likeness (QED) is 0.223. The number of hydrogen-bond donors (Lipinski definition) is 1. The first-order chi connectivity index (χ1) is 19.8. The fraction of sp³-hybridized carbons (Fsp3) is 0.0270. The van der Waals surface area contributed by atoms with E-state index in [1.807, 2.05) is 36.4 Å². The summed E-state index contributed by atoms with van der Waals surface area (Å²) < 4.78 is 13.0. The maximum absolute atomic E-state index is 7.01. The highest BCUT2D eigenvalue weighted by atomic mass is 16.5. The zero-order valence-corrected chi connectivity index (χ0v) is 21.5. The third kappa shape index (κ3) is 2.55. The summed E-state index contributed by atoms with van der Waals surface area (Å²) in [5, 5.41) is 2.13. The number of benzene rings is 6. The Labute approximate surface area is 231 Å². The van der Waals surface area contributed by atoms with Gasteiger partial charge in [-0.3, -0.25) is 0 Å². The molecule has 0 fully saturated rings. The highest BCUT2D eigenvalue weighted by Crippen LogP contribution is 2.64. The van der Waals surface area contributed by atoms with Gasteiger partial charge in [0.1, 0.15) is 22.7 Å². The Morgan fingerprint density at radius 3 is 1.93 bits per heavy atom. The Morgan fingerprint density at radius 1 is 0.500 bits per heavy atom. The predicted octanol–water partition coefficient (Wildman–Crippen LogP) is 9.30. The smallest absolute Gasteiger partial charge is 0.136 e. The molecule has 7 aromatic rings. The summed E-state index contributed by atoms with van der Waals surface area (Å²) in [6, 6.07) is 44.4. The van der Waals surface area contributed by atoms with Crippen LogP contribution in [0.1, 0.15) is 22.3 Å². The fourth-order valence-electron chi connectivity index (χ4n) is 7.24. The lowest BCUT2D eigenvalue weighted by Crippen LogP contribution is -2.33. The van der Waals surface area contributed by atoms with E-state index in [1.165, 1.54) is 22.3 Å². The minimum Gasteiger partial charge on any atom is -0.457 e. The number of nitrogens with two attached hydrogens (primary N) is 1. The second-order valence-corrected chi connectivity index (χ2v) is 10.6. The van der Waals surface area contributed by atoms with E-state index in [4.69, 9.17) is 14.9 Å². The van der Waals surface area contributed by atoms with E-state index in [0.29, 0.717) is 5.69 Å². The third-order valence-electron chi connectivity index (χ3n) is 8.71. The standard InChI is InChI=1S/C37H23NO2/c38-29-20-21-33-36(35(29)25-13-9-19-32-34(25)24-12-3-7-17-30(24)39-32)37(28-16-6-8-18-31(28)40-33)26-14-4-1-10-22(26)23-11-2-5-15-27(23)37/h1-21H,38H2. The number of furan rings is 1. The molecule has 6 aromatic carbocycles. The minimum atomic E-state index is -0.607. The first kappa shape index (κ1) is 21.6. The van der Waals surface area contributed by atoms with E-state index >= 15 is 0 Å². The van der Waals surface area contributed by atoms with Crippen molar-refractivity contribution >= 4 is 27.6 Å². The molecule has 0 unspecified atom stereocenters. The number of hydrogen-bond acceptors (Lipinski definition) is 3. The van der Waals surface area contributed by atoms with Gasteiger partial charge in [0.25, 0.3) is 0 Å². The first-order valence-corrected chi connectivity index (χ1v) is 13.6. The molecule has 2 heterocycles. The van der Waals surface area contributed by atoms with Crippen LogP contribution >= 0.6 is 0 Å². The summed E-state index contributed by atoms with van der Waals surface area (Å²) >= 11 is 0. The van der Waals surface area contributed by atoms with Gasteiger partial charge in [0, 0.05) is 33.2 Å². The molecule has 0 amide bonds. The third-order valence-corrected chi connectivity index (χ3v) is 8.71. The van der Waals surface area contributed by atoms with E-state index < -0.39 is 5.41 Å². The zero-order chi connectivity index (χ0) is 26.4. The largest absolute Gasteiger partial charge is 0.457 e. The summed E-state index contributed by atoms with van der Waals surface area (Å²) in [6.45, 7) is 0. The maximum atomic E-state index is 7.01. The molecule has 188 valence electrons. The van der Waals surface area contributed by atoms with Gasteiger partial charge in [-0.2, -0.15) is 0 Å². The molecule has 0 bridgehead atoms. The van der Waals surface area contributed by atoms with Gasteiger partial charge in [-0.05, 0) is 58.1 Å². The number of ether oxygens (including phenoxy) is 1. The Morgan fingerprint density at radius 2 is 1.12 bits per heavy atom. The molecule has 0 saturated heterocycles. The van der Waals surface area contributed by atoms with E-state index in [0.717, 1.165) is 55.7 Å².